The van der Waals surface area contributed by atoms with Crippen LogP contribution >= 0.6 is 0 Å². The predicted molar refractivity (Wildman–Crippen MR) is 199 cm³/mol. The van der Waals surface area contributed by atoms with Crippen LogP contribution < -0.4 is 5.43 Å². The second kappa shape index (κ2) is 11.7. The van der Waals surface area contributed by atoms with Gasteiger partial charge in [-0.05, 0) is 54.6 Å². The summed E-state index contributed by atoms with van der Waals surface area (Å²) in [7, 11) is 0. The van der Waals surface area contributed by atoms with E-state index in [-0.39, 0.29) is 89.6 Å². The standard InChI is InChI=1S/C43H23N3O7/c47-37-23-10-4-5-11-24(23)39(49)35-27(37)17-18-28-36(35)44-30-19-16-22(20-29(30)38(28)48)43(53)46-32-15-7-13-26-34(32)41(51)25-12-6-14-31(33(25)40(26)50)45-42(52)21-8-2-1-3-9-21/h1-20H,(H,44,48)(H,45,52)(H,46,53). The third-order valence-electron chi connectivity index (χ3n) is 9.63. The predicted octanol–water partition coefficient (Wildman–Crippen LogP) is 7.50. The molecule has 2 aliphatic carbocycles. The van der Waals surface area contributed by atoms with Crippen molar-refractivity contribution in [2.45, 2.75) is 0 Å². The minimum Gasteiger partial charge on any atom is -0.493 e. The second-order valence-electron chi connectivity index (χ2n) is 12.6. The third-order valence-corrected chi connectivity index (χ3v) is 9.63. The first-order valence-corrected chi connectivity index (χ1v) is 16.5. The number of fused-ring (bicyclic) bond motifs is 7. The van der Waals surface area contributed by atoms with Crippen molar-refractivity contribution in [3.8, 4) is 0 Å². The summed E-state index contributed by atoms with van der Waals surface area (Å²) in [5, 5.41) is 22.3. The Morgan fingerprint density at radius 1 is 0.453 bits per heavy atom. The van der Waals surface area contributed by atoms with E-state index in [1.54, 1.807) is 66.7 Å². The number of aliphatic hydroxyl groups is 2. The van der Waals surface area contributed by atoms with E-state index in [2.05, 4.69) is 15.0 Å². The lowest BCUT2D eigenvalue weighted by Crippen LogP contribution is -2.22. The topological polar surface area (TPSA) is 166 Å². The highest BCUT2D eigenvalue weighted by Gasteiger charge is 2.34. The van der Waals surface area contributed by atoms with Gasteiger partial charge in [0.2, 0.25) is 11.8 Å². The van der Waals surface area contributed by atoms with E-state index < -0.39 is 22.9 Å². The number of rotatable bonds is 4. The number of aliphatic imine (C=N–C) groups is 2. The molecule has 0 atom stereocenters. The van der Waals surface area contributed by atoms with E-state index in [1.165, 1.54) is 54.6 Å². The Labute approximate surface area is 299 Å². The maximum Gasteiger partial charge on any atom is 0.218 e. The fourth-order valence-corrected chi connectivity index (χ4v) is 7.10. The largest absolute Gasteiger partial charge is 0.493 e. The summed E-state index contributed by atoms with van der Waals surface area (Å²) in [5.41, 5.74) is 1.96. The zero-order chi connectivity index (χ0) is 36.5. The lowest BCUT2D eigenvalue weighted by molar-refractivity contribution is 0.0980. The van der Waals surface area contributed by atoms with Crippen molar-refractivity contribution in [2.75, 3.05) is 0 Å². The number of hydrogen-bond acceptors (Lipinski definition) is 7. The Balaban J connectivity index is 1.11. The molecule has 0 saturated carbocycles. The molecule has 9 rings (SSSR count). The van der Waals surface area contributed by atoms with Crippen molar-refractivity contribution in [3.05, 3.63) is 187 Å². The first-order valence-electron chi connectivity index (χ1n) is 16.5. The lowest BCUT2D eigenvalue weighted by Gasteiger charge is -2.20. The van der Waals surface area contributed by atoms with Crippen LogP contribution in [0.1, 0.15) is 74.8 Å². The third kappa shape index (κ3) is 4.77. The first kappa shape index (κ1) is 31.4. The SMILES string of the molecule is O=C1c2ccccc2C(=O)c2c1ccc1c(=O)c3cc(C(O)=Nc4cccc5c4C(=O)c4cccc(N=C(O)c6ccccc6)c4C5=O)ccc3[nH]c21. The van der Waals surface area contributed by atoms with Gasteiger partial charge in [-0.2, -0.15) is 0 Å². The molecule has 0 aliphatic heterocycles. The molecule has 0 saturated heterocycles. The molecule has 0 amide bonds. The highest BCUT2D eigenvalue weighted by atomic mass is 16.3. The van der Waals surface area contributed by atoms with Gasteiger partial charge in [-0.1, -0.05) is 66.7 Å². The summed E-state index contributed by atoms with van der Waals surface area (Å²) in [4.78, 5) is 80.3. The normalized spacial score (nSPS) is 13.9. The molecule has 10 heteroatoms. The minimum atomic E-state index is -0.515. The Bertz CT molecular complexity index is 2960. The van der Waals surface area contributed by atoms with Gasteiger partial charge in [0.25, 0.3) is 0 Å². The zero-order valence-electron chi connectivity index (χ0n) is 27.4. The summed E-state index contributed by atoms with van der Waals surface area (Å²) in [6.45, 7) is 0. The molecule has 1 aromatic heterocycles. The molecule has 3 N–H and O–H groups in total. The van der Waals surface area contributed by atoms with E-state index in [9.17, 15) is 34.2 Å². The van der Waals surface area contributed by atoms with Crippen molar-refractivity contribution in [2.24, 2.45) is 9.98 Å². The Kier molecular flexibility index (Phi) is 6.96. The number of carbonyl (C=O) groups excluding carboxylic acids is 4. The van der Waals surface area contributed by atoms with Crippen LogP contribution in [-0.2, 0) is 0 Å². The molecule has 10 nitrogen and oxygen atoms in total. The average Bonchev–Trinajstić information content (AvgIpc) is 3.19. The van der Waals surface area contributed by atoms with Gasteiger partial charge >= 0.3 is 0 Å². The monoisotopic (exact) mass is 693 g/mol. The lowest BCUT2D eigenvalue weighted by atomic mass is 9.82. The first-order chi connectivity index (χ1) is 25.7. The highest BCUT2D eigenvalue weighted by Crippen LogP contribution is 2.38. The molecule has 53 heavy (non-hydrogen) atoms. The van der Waals surface area contributed by atoms with Crippen molar-refractivity contribution in [1.82, 2.24) is 4.98 Å². The molecule has 0 bridgehead atoms. The number of nitrogens with one attached hydrogen (secondary N) is 1. The number of aromatic amines is 1. The fraction of sp³-hybridized carbons (Fsp3) is 0. The van der Waals surface area contributed by atoms with E-state index in [4.69, 9.17) is 0 Å². The summed E-state index contributed by atoms with van der Waals surface area (Å²) >= 11 is 0. The summed E-state index contributed by atoms with van der Waals surface area (Å²) in [5.74, 6) is -2.52. The number of nitrogens with zero attached hydrogens (tertiary/aromatic N) is 2. The highest BCUT2D eigenvalue weighted by molar-refractivity contribution is 6.33. The van der Waals surface area contributed by atoms with Crippen LogP contribution in [-0.4, -0.2) is 50.1 Å². The number of carbonyl (C=O) groups is 4. The summed E-state index contributed by atoms with van der Waals surface area (Å²) < 4.78 is 0. The van der Waals surface area contributed by atoms with E-state index >= 15 is 0 Å². The van der Waals surface area contributed by atoms with Crippen LogP contribution in [0.2, 0.25) is 0 Å². The van der Waals surface area contributed by atoms with Crippen molar-refractivity contribution in [3.63, 3.8) is 0 Å². The molecule has 2 aliphatic rings. The van der Waals surface area contributed by atoms with Gasteiger partial charge in [-0.15, -0.1) is 0 Å². The van der Waals surface area contributed by atoms with Gasteiger partial charge in [0.15, 0.2) is 28.6 Å². The molecule has 252 valence electrons. The molecule has 6 aromatic carbocycles. The average molecular weight is 694 g/mol. The molecule has 0 unspecified atom stereocenters. The van der Waals surface area contributed by atoms with Crippen LogP contribution in [0.5, 0.6) is 0 Å². The molecular weight excluding hydrogens is 670 g/mol. The zero-order valence-corrected chi connectivity index (χ0v) is 27.4. The molecule has 0 fully saturated rings. The van der Waals surface area contributed by atoms with Crippen LogP contribution in [0, 0.1) is 0 Å². The number of benzene rings is 6. The van der Waals surface area contributed by atoms with Crippen molar-refractivity contribution < 1.29 is 29.4 Å². The summed E-state index contributed by atoms with van der Waals surface area (Å²) in [6.07, 6.45) is 0. The maximum atomic E-state index is 14.0. The van der Waals surface area contributed by atoms with Crippen LogP contribution in [0.3, 0.4) is 0 Å². The number of ketones is 4. The second-order valence-corrected chi connectivity index (χ2v) is 12.6. The molecule has 7 aromatic rings. The van der Waals surface area contributed by atoms with Crippen molar-refractivity contribution >= 4 is 68.1 Å². The van der Waals surface area contributed by atoms with Crippen LogP contribution in [0.25, 0.3) is 21.8 Å². The maximum absolute atomic E-state index is 14.0. The van der Waals surface area contributed by atoms with E-state index in [0.717, 1.165) is 0 Å². The van der Waals surface area contributed by atoms with Gasteiger partial charge in [0.1, 0.15) is 0 Å². The number of hydrogen-bond donors (Lipinski definition) is 3. The van der Waals surface area contributed by atoms with Crippen molar-refractivity contribution in [1.29, 1.82) is 0 Å². The van der Waals surface area contributed by atoms with Gasteiger partial charge in [0, 0.05) is 55.2 Å². The van der Waals surface area contributed by atoms with E-state index in [1.807, 2.05) is 0 Å². The van der Waals surface area contributed by atoms with Gasteiger partial charge in [-0.25, -0.2) is 9.98 Å². The van der Waals surface area contributed by atoms with Gasteiger partial charge in [0.05, 0.1) is 33.6 Å². The van der Waals surface area contributed by atoms with Gasteiger partial charge < -0.3 is 15.2 Å². The fourth-order valence-electron chi connectivity index (χ4n) is 7.10. The quantitative estimate of drug-likeness (QED) is 0.0975. The Morgan fingerprint density at radius 2 is 0.981 bits per heavy atom. The van der Waals surface area contributed by atoms with E-state index in [0.29, 0.717) is 16.6 Å². The molecule has 0 spiro atoms. The minimum absolute atomic E-state index is 0.0137. The molecule has 1 heterocycles. The number of aliphatic hydroxyl groups excluding tert-OH is 2. The Morgan fingerprint density at radius 3 is 1.62 bits per heavy atom. The van der Waals surface area contributed by atoms with Gasteiger partial charge in [-0.3, -0.25) is 24.0 Å². The smallest absolute Gasteiger partial charge is 0.218 e. The Hall–Kier alpha value is -7.59. The van der Waals surface area contributed by atoms with Crippen LogP contribution in [0.15, 0.2) is 136 Å². The molecular formula is C43H23N3O7. The summed E-state index contributed by atoms with van der Waals surface area (Å²) in [6, 6.07) is 31.8. The number of H-pyrrole nitrogens is 1. The number of pyridine rings is 1. The van der Waals surface area contributed by atoms with Crippen LogP contribution in [0.4, 0.5) is 11.4 Å². The molecule has 0 radical (unpaired) electrons. The number of aromatic nitrogens is 1.